The summed E-state index contributed by atoms with van der Waals surface area (Å²) in [5.74, 6) is 0.713. The summed E-state index contributed by atoms with van der Waals surface area (Å²) in [6, 6.07) is 30.2. The molecule has 0 heterocycles. The van der Waals surface area contributed by atoms with Gasteiger partial charge >= 0.3 is 0 Å². The molecule has 1 aliphatic carbocycles. The average Bonchev–Trinajstić information content (AvgIpc) is 3.13. The lowest BCUT2D eigenvalue weighted by Crippen LogP contribution is -2.29. The van der Waals surface area contributed by atoms with Crippen molar-refractivity contribution >= 4 is 23.6 Å². The van der Waals surface area contributed by atoms with Crippen LogP contribution in [-0.4, -0.2) is 69.4 Å². The summed E-state index contributed by atoms with van der Waals surface area (Å²) in [4.78, 5) is 63.3. The zero-order valence-electron chi connectivity index (χ0n) is 58.1. The highest BCUT2D eigenvalue weighted by Gasteiger charge is 2.29. The number of hydrogen-bond donors (Lipinski definition) is 0. The van der Waals surface area contributed by atoms with Crippen LogP contribution in [0.1, 0.15) is 353 Å². The molecule has 88 heavy (non-hydrogen) atoms. The molecule has 488 valence electrons. The molecule has 8 heteroatoms. The highest BCUT2D eigenvalue weighted by Crippen LogP contribution is 2.44. The molecule has 0 aliphatic heterocycles. The van der Waals surface area contributed by atoms with Gasteiger partial charge in [-0.25, -0.2) is 0 Å². The first-order chi connectivity index (χ1) is 42.6. The van der Waals surface area contributed by atoms with E-state index < -0.39 is 0 Å². The van der Waals surface area contributed by atoms with E-state index >= 15 is 0 Å². The lowest BCUT2D eigenvalue weighted by molar-refractivity contribution is -0.130. The third-order valence-corrected chi connectivity index (χ3v) is 19.2. The van der Waals surface area contributed by atoms with Gasteiger partial charge in [0.1, 0.15) is 0 Å². The number of carbonyl (C=O) groups excluding carboxylic acids is 4. The predicted molar refractivity (Wildman–Crippen MR) is 372 cm³/mol. The molecular weight excluding hydrogens is 1080 g/mol. The fourth-order valence-corrected chi connectivity index (χ4v) is 13.8. The summed E-state index contributed by atoms with van der Waals surface area (Å²) in [6.45, 7) is 30.2. The minimum absolute atomic E-state index is 0.0631. The second-order valence-electron chi connectivity index (χ2n) is 26.8. The molecule has 0 atom stereocenters. The summed E-state index contributed by atoms with van der Waals surface area (Å²) in [6.07, 6.45) is 30.3. The van der Waals surface area contributed by atoms with E-state index in [9.17, 15) is 19.2 Å². The van der Waals surface area contributed by atoms with Crippen LogP contribution in [0.5, 0.6) is 0 Å². The average molecular weight is 1210 g/mol. The molecule has 4 aromatic rings. The van der Waals surface area contributed by atoms with Crippen LogP contribution in [0.3, 0.4) is 0 Å². The zero-order valence-corrected chi connectivity index (χ0v) is 58.1. The first kappa shape index (κ1) is 73.5. The molecule has 0 fully saturated rings. The normalized spacial score (nSPS) is 15.5. The number of unbranched alkanes of at least 4 members (excludes halogenated alkanes) is 16. The van der Waals surface area contributed by atoms with Crippen molar-refractivity contribution in [1.82, 2.24) is 19.6 Å². The van der Waals surface area contributed by atoms with Gasteiger partial charge in [0.05, 0.1) is 0 Å². The van der Waals surface area contributed by atoms with Gasteiger partial charge in [0.25, 0.3) is 0 Å². The molecular formula is C80H124N4O4. The highest BCUT2D eigenvalue weighted by molar-refractivity contribution is 5.74. The van der Waals surface area contributed by atoms with Crippen LogP contribution in [-0.2, 0) is 45.4 Å². The van der Waals surface area contributed by atoms with Gasteiger partial charge < -0.3 is 19.6 Å². The van der Waals surface area contributed by atoms with Gasteiger partial charge in [-0.2, -0.15) is 0 Å². The Labute approximate surface area is 538 Å². The van der Waals surface area contributed by atoms with Crippen LogP contribution in [0.2, 0.25) is 0 Å². The number of rotatable bonds is 40. The van der Waals surface area contributed by atoms with Gasteiger partial charge in [-0.05, 0) is 118 Å². The number of hydrogen-bond acceptors (Lipinski definition) is 4. The summed E-state index contributed by atoms with van der Waals surface area (Å²) >= 11 is 0. The second-order valence-corrected chi connectivity index (χ2v) is 26.8. The molecule has 0 unspecified atom stereocenters. The largest absolute Gasteiger partial charge is 0.339 e. The first-order valence-electron chi connectivity index (χ1n) is 36.2. The summed E-state index contributed by atoms with van der Waals surface area (Å²) < 4.78 is 0. The van der Waals surface area contributed by atoms with Crippen molar-refractivity contribution in [3.63, 3.8) is 0 Å². The molecule has 8 nitrogen and oxygen atoms in total. The van der Waals surface area contributed by atoms with E-state index in [2.05, 4.69) is 148 Å². The molecule has 8 bridgehead atoms. The zero-order chi connectivity index (χ0) is 63.8. The Kier molecular flexibility index (Phi) is 33.8. The third kappa shape index (κ3) is 23.9. The minimum atomic E-state index is 0.0631. The fraction of sp³-hybridized carbons (Fsp3) is 0.650. The fourth-order valence-electron chi connectivity index (χ4n) is 13.8. The van der Waals surface area contributed by atoms with E-state index in [1.54, 1.807) is 27.7 Å². The maximum Gasteiger partial charge on any atom is 0.219 e. The molecule has 5 rings (SSSR count). The molecule has 0 spiro atoms. The Morgan fingerprint density at radius 1 is 0.250 bits per heavy atom. The SMILES string of the molecule is CCCCCCC1c2cc(CN(CCCC)C(C)=O)cc(c2)C(CCCCCC)c2cc(CN(CCCC)C(C)=O)cc(c2)C(CCCCCC)c2cc(CN(CCCC)C(C)=O)cc(c2)C(CCCCCC)c2cc(CN(CCCC)C(C)=O)cc1c2. The van der Waals surface area contributed by atoms with Crippen molar-refractivity contribution < 1.29 is 19.2 Å². The predicted octanol–water partition coefficient (Wildman–Crippen LogP) is 21.0. The van der Waals surface area contributed by atoms with Gasteiger partial charge in [0, 0.05) is 104 Å². The molecule has 0 saturated carbocycles. The molecule has 0 aromatic heterocycles. The quantitative estimate of drug-likeness (QED) is 0.0416. The Balaban J connectivity index is 2.08. The van der Waals surface area contributed by atoms with E-state index in [0.717, 1.165) is 180 Å². The van der Waals surface area contributed by atoms with Crippen LogP contribution in [0.15, 0.2) is 72.8 Å². The smallest absolute Gasteiger partial charge is 0.219 e. The highest BCUT2D eigenvalue weighted by atomic mass is 16.2. The van der Waals surface area contributed by atoms with E-state index in [1.807, 2.05) is 0 Å². The van der Waals surface area contributed by atoms with E-state index in [4.69, 9.17) is 0 Å². The number of benzene rings is 4. The summed E-state index contributed by atoms with van der Waals surface area (Å²) in [5.41, 5.74) is 15.3. The van der Waals surface area contributed by atoms with Gasteiger partial charge in [0.15, 0.2) is 0 Å². The topological polar surface area (TPSA) is 81.2 Å². The second kappa shape index (κ2) is 40.5. The van der Waals surface area contributed by atoms with E-state index in [-0.39, 0.29) is 47.3 Å². The van der Waals surface area contributed by atoms with Crippen LogP contribution < -0.4 is 0 Å². The number of nitrogens with zero attached hydrogens (tertiary/aromatic N) is 4. The molecule has 4 aromatic carbocycles. The van der Waals surface area contributed by atoms with Gasteiger partial charge in [0.2, 0.25) is 23.6 Å². The Hall–Kier alpha value is -5.24. The molecule has 0 saturated heterocycles. The van der Waals surface area contributed by atoms with Gasteiger partial charge in [-0.1, -0.05) is 257 Å². The maximum absolute atomic E-state index is 13.7. The molecule has 0 radical (unpaired) electrons. The van der Waals surface area contributed by atoms with Crippen molar-refractivity contribution in [3.8, 4) is 0 Å². The van der Waals surface area contributed by atoms with Crippen molar-refractivity contribution in [2.24, 2.45) is 0 Å². The van der Waals surface area contributed by atoms with Crippen molar-refractivity contribution in [1.29, 1.82) is 0 Å². The Morgan fingerprint density at radius 3 is 0.568 bits per heavy atom. The monoisotopic (exact) mass is 1200 g/mol. The first-order valence-corrected chi connectivity index (χ1v) is 36.2. The lowest BCUT2D eigenvalue weighted by atomic mass is 9.76. The summed E-state index contributed by atoms with van der Waals surface area (Å²) in [7, 11) is 0. The number of carbonyl (C=O) groups is 4. The minimum Gasteiger partial charge on any atom is -0.339 e. The standard InChI is InChI=1S/C80H124N4O4/c1-13-21-29-33-37-77-69-45-65(57-81(61(9)85)41-25-17-5)47-71(53-69)78(38-34-30-22-14-2)73-49-67(59-83(63(11)87)43-27-19-7)51-75(55-73)80(40-36-32-24-16-4)76-52-68(60-84(64(12)88)44-28-20-8)50-74(56-76)79(39-35-31-23-15-3)72-48-66(46-70(77)54-72)58-82(62(10)86)42-26-18-6/h45-56,77-80H,13-44,57-60H2,1-12H3. The molecule has 4 amide bonds. The molecule has 1 aliphatic rings. The Bertz CT molecular complexity index is 2250. The van der Waals surface area contributed by atoms with Crippen LogP contribution in [0, 0.1) is 0 Å². The van der Waals surface area contributed by atoms with Crippen molar-refractivity contribution in [2.75, 3.05) is 26.2 Å². The summed E-state index contributed by atoms with van der Waals surface area (Å²) in [5, 5.41) is 0. The maximum atomic E-state index is 13.7. The van der Waals surface area contributed by atoms with Crippen LogP contribution >= 0.6 is 0 Å². The van der Waals surface area contributed by atoms with E-state index in [0.29, 0.717) is 26.2 Å². The van der Waals surface area contributed by atoms with Gasteiger partial charge in [-0.3, -0.25) is 19.2 Å². The Morgan fingerprint density at radius 2 is 0.420 bits per heavy atom. The number of fused-ring (bicyclic) bond motifs is 8. The van der Waals surface area contributed by atoms with Crippen LogP contribution in [0.4, 0.5) is 0 Å². The molecule has 0 N–H and O–H groups in total. The third-order valence-electron chi connectivity index (χ3n) is 19.2. The number of amides is 4. The van der Waals surface area contributed by atoms with Gasteiger partial charge in [-0.15, -0.1) is 0 Å². The van der Waals surface area contributed by atoms with Crippen molar-refractivity contribution in [3.05, 3.63) is 140 Å². The van der Waals surface area contributed by atoms with E-state index in [1.165, 1.54) is 92.4 Å². The lowest BCUT2D eigenvalue weighted by Gasteiger charge is -2.30. The van der Waals surface area contributed by atoms with Crippen LogP contribution in [0.25, 0.3) is 0 Å². The van der Waals surface area contributed by atoms with Crippen molar-refractivity contribution in [2.45, 2.75) is 313 Å².